The SMILES string of the molecule is O=S(=O)(Cc1ccccc1)NC1(c2cccc3ccccc23)CC1. The van der Waals surface area contributed by atoms with Crippen LogP contribution in [0, 0.1) is 0 Å². The average Bonchev–Trinajstić information content (AvgIpc) is 3.34. The molecule has 1 aliphatic carbocycles. The molecule has 0 radical (unpaired) electrons. The number of rotatable bonds is 5. The number of fused-ring (bicyclic) bond motifs is 1. The van der Waals surface area contributed by atoms with E-state index < -0.39 is 15.6 Å². The smallest absolute Gasteiger partial charge is 0.212 e. The molecule has 3 aromatic rings. The lowest BCUT2D eigenvalue weighted by Gasteiger charge is -2.20. The van der Waals surface area contributed by atoms with Gasteiger partial charge in [-0.25, -0.2) is 13.1 Å². The molecule has 0 spiro atoms. The van der Waals surface area contributed by atoms with Crippen molar-refractivity contribution in [1.29, 1.82) is 0 Å². The Kier molecular flexibility index (Phi) is 3.66. The molecule has 1 N–H and O–H groups in total. The Morgan fingerprint density at radius 2 is 1.50 bits per heavy atom. The van der Waals surface area contributed by atoms with Crippen LogP contribution in [-0.4, -0.2) is 8.42 Å². The van der Waals surface area contributed by atoms with E-state index in [1.807, 2.05) is 54.6 Å². The van der Waals surface area contributed by atoms with E-state index in [9.17, 15) is 8.42 Å². The second-order valence-corrected chi connectivity index (χ2v) is 8.18. The van der Waals surface area contributed by atoms with Gasteiger partial charge in [0.05, 0.1) is 11.3 Å². The quantitative estimate of drug-likeness (QED) is 0.766. The molecular weight excluding hydrogens is 318 g/mol. The van der Waals surface area contributed by atoms with Crippen LogP contribution in [0.4, 0.5) is 0 Å². The maximum absolute atomic E-state index is 12.7. The van der Waals surface area contributed by atoms with Crippen molar-refractivity contribution in [1.82, 2.24) is 4.72 Å². The third kappa shape index (κ3) is 2.95. The van der Waals surface area contributed by atoms with Crippen LogP contribution in [0.3, 0.4) is 0 Å². The Hall–Kier alpha value is -2.17. The molecule has 0 aliphatic heterocycles. The predicted octanol–water partition coefficient (Wildman–Crippen LogP) is 3.95. The number of nitrogens with one attached hydrogen (secondary N) is 1. The molecule has 1 saturated carbocycles. The summed E-state index contributed by atoms with van der Waals surface area (Å²) in [5.41, 5.74) is 1.44. The maximum atomic E-state index is 12.7. The minimum absolute atomic E-state index is 0.0142. The summed E-state index contributed by atoms with van der Waals surface area (Å²) in [6.07, 6.45) is 1.68. The number of hydrogen-bond donors (Lipinski definition) is 1. The molecule has 1 fully saturated rings. The number of benzene rings is 3. The van der Waals surface area contributed by atoms with Gasteiger partial charge in [-0.3, -0.25) is 0 Å². The van der Waals surface area contributed by atoms with Crippen molar-refractivity contribution >= 4 is 20.8 Å². The average molecular weight is 337 g/mol. The monoisotopic (exact) mass is 337 g/mol. The van der Waals surface area contributed by atoms with Gasteiger partial charge in [0.25, 0.3) is 0 Å². The molecule has 0 bridgehead atoms. The first-order chi connectivity index (χ1) is 11.6. The standard InChI is InChI=1S/C20H19NO2S/c22-24(23,15-16-7-2-1-3-8-16)21-20(13-14-20)19-12-6-10-17-9-4-5-11-18(17)19/h1-12,21H,13-15H2. The van der Waals surface area contributed by atoms with E-state index in [-0.39, 0.29) is 5.75 Å². The summed E-state index contributed by atoms with van der Waals surface area (Å²) in [6.45, 7) is 0. The van der Waals surface area contributed by atoms with Crippen molar-refractivity contribution in [3.05, 3.63) is 83.9 Å². The summed E-state index contributed by atoms with van der Waals surface area (Å²) in [5, 5.41) is 2.27. The summed E-state index contributed by atoms with van der Waals surface area (Å²) >= 11 is 0. The lowest BCUT2D eigenvalue weighted by molar-refractivity contribution is 0.552. The second-order valence-electron chi connectivity index (χ2n) is 6.46. The summed E-state index contributed by atoms with van der Waals surface area (Å²) in [6, 6.07) is 23.5. The third-order valence-corrected chi connectivity index (χ3v) is 6.02. The number of hydrogen-bond acceptors (Lipinski definition) is 2. The van der Waals surface area contributed by atoms with Crippen LogP contribution in [0.2, 0.25) is 0 Å². The molecule has 0 unspecified atom stereocenters. The minimum atomic E-state index is -3.40. The highest BCUT2D eigenvalue weighted by atomic mass is 32.2. The molecule has 1 aliphatic rings. The highest BCUT2D eigenvalue weighted by Crippen LogP contribution is 2.48. The summed E-state index contributed by atoms with van der Waals surface area (Å²) in [5.74, 6) is 0.0142. The van der Waals surface area contributed by atoms with Gasteiger partial charge in [0.15, 0.2) is 0 Å². The van der Waals surface area contributed by atoms with E-state index in [1.165, 1.54) is 0 Å². The van der Waals surface area contributed by atoms with E-state index in [2.05, 4.69) is 22.9 Å². The Balaban J connectivity index is 1.66. The first kappa shape index (κ1) is 15.4. The van der Waals surface area contributed by atoms with E-state index in [4.69, 9.17) is 0 Å². The van der Waals surface area contributed by atoms with Crippen LogP contribution in [-0.2, 0) is 21.3 Å². The number of sulfonamides is 1. The summed E-state index contributed by atoms with van der Waals surface area (Å²) in [4.78, 5) is 0. The third-order valence-electron chi connectivity index (χ3n) is 4.61. The van der Waals surface area contributed by atoms with E-state index in [1.54, 1.807) is 0 Å². The lowest BCUT2D eigenvalue weighted by Crippen LogP contribution is -2.35. The Labute approximate surface area is 142 Å². The van der Waals surface area contributed by atoms with Gasteiger partial charge in [0.2, 0.25) is 10.0 Å². The van der Waals surface area contributed by atoms with Crippen LogP contribution in [0.1, 0.15) is 24.0 Å². The second kappa shape index (κ2) is 5.72. The first-order valence-electron chi connectivity index (χ1n) is 8.12. The van der Waals surface area contributed by atoms with Gasteiger partial charge in [-0.15, -0.1) is 0 Å². The van der Waals surface area contributed by atoms with Crippen LogP contribution >= 0.6 is 0 Å². The molecule has 122 valence electrons. The largest absolute Gasteiger partial charge is 0.216 e. The van der Waals surface area contributed by atoms with Gasteiger partial charge in [0.1, 0.15) is 0 Å². The topological polar surface area (TPSA) is 46.2 Å². The molecule has 0 heterocycles. The van der Waals surface area contributed by atoms with E-state index >= 15 is 0 Å². The summed E-state index contributed by atoms with van der Waals surface area (Å²) in [7, 11) is -3.40. The van der Waals surface area contributed by atoms with Gasteiger partial charge in [-0.1, -0.05) is 72.8 Å². The van der Waals surface area contributed by atoms with E-state index in [0.29, 0.717) is 0 Å². The minimum Gasteiger partial charge on any atom is -0.212 e. The highest BCUT2D eigenvalue weighted by Gasteiger charge is 2.48. The molecule has 24 heavy (non-hydrogen) atoms. The van der Waals surface area contributed by atoms with Crippen molar-refractivity contribution < 1.29 is 8.42 Å². The van der Waals surface area contributed by atoms with Gasteiger partial charge < -0.3 is 0 Å². The van der Waals surface area contributed by atoms with Crippen molar-refractivity contribution in [3.63, 3.8) is 0 Å². The predicted molar refractivity (Wildman–Crippen MR) is 97.1 cm³/mol. The van der Waals surface area contributed by atoms with Crippen molar-refractivity contribution in [2.24, 2.45) is 0 Å². The Morgan fingerprint density at radius 3 is 2.25 bits per heavy atom. The molecule has 4 rings (SSSR count). The molecule has 3 nitrogen and oxygen atoms in total. The van der Waals surface area contributed by atoms with Gasteiger partial charge >= 0.3 is 0 Å². The molecule has 0 saturated heterocycles. The summed E-state index contributed by atoms with van der Waals surface area (Å²) < 4.78 is 28.3. The fourth-order valence-corrected chi connectivity index (χ4v) is 4.93. The lowest BCUT2D eigenvalue weighted by atomic mass is 9.98. The van der Waals surface area contributed by atoms with Crippen LogP contribution in [0.25, 0.3) is 10.8 Å². The molecule has 3 aromatic carbocycles. The Morgan fingerprint density at radius 1 is 0.833 bits per heavy atom. The first-order valence-corrected chi connectivity index (χ1v) is 9.77. The van der Waals surface area contributed by atoms with Crippen molar-refractivity contribution in [2.75, 3.05) is 0 Å². The van der Waals surface area contributed by atoms with Crippen LogP contribution in [0.5, 0.6) is 0 Å². The fourth-order valence-electron chi connectivity index (χ4n) is 3.32. The zero-order chi connectivity index (χ0) is 16.6. The van der Waals surface area contributed by atoms with Crippen LogP contribution < -0.4 is 4.72 Å². The maximum Gasteiger partial charge on any atom is 0.216 e. The van der Waals surface area contributed by atoms with Gasteiger partial charge in [-0.2, -0.15) is 0 Å². The molecule has 0 amide bonds. The zero-order valence-corrected chi connectivity index (χ0v) is 14.1. The van der Waals surface area contributed by atoms with Crippen molar-refractivity contribution in [3.8, 4) is 0 Å². The highest BCUT2D eigenvalue weighted by molar-refractivity contribution is 7.88. The van der Waals surface area contributed by atoms with Crippen LogP contribution in [0.15, 0.2) is 72.8 Å². The molecule has 0 aromatic heterocycles. The Bertz CT molecular complexity index is 971. The normalized spacial score (nSPS) is 16.2. The van der Waals surface area contributed by atoms with E-state index in [0.717, 1.165) is 34.7 Å². The van der Waals surface area contributed by atoms with Gasteiger partial charge in [0, 0.05) is 0 Å². The van der Waals surface area contributed by atoms with Crippen molar-refractivity contribution in [2.45, 2.75) is 24.1 Å². The molecule has 4 heteroatoms. The fraction of sp³-hybridized carbons (Fsp3) is 0.200. The zero-order valence-electron chi connectivity index (χ0n) is 13.3. The van der Waals surface area contributed by atoms with Gasteiger partial charge in [-0.05, 0) is 34.7 Å². The molecular formula is C20H19NO2S. The molecule has 0 atom stereocenters.